The molecule has 1 aliphatic rings. The summed E-state index contributed by atoms with van der Waals surface area (Å²) in [6.07, 6.45) is 1.17. The van der Waals surface area contributed by atoms with Crippen molar-refractivity contribution in [3.8, 4) is 0 Å². The van der Waals surface area contributed by atoms with E-state index in [-0.39, 0.29) is 0 Å². The number of anilines is 1. The van der Waals surface area contributed by atoms with Crippen LogP contribution in [0.25, 0.3) is 0 Å². The van der Waals surface area contributed by atoms with E-state index in [4.69, 9.17) is 4.74 Å². The number of hydrogen-bond acceptors (Lipinski definition) is 3. The van der Waals surface area contributed by atoms with Crippen molar-refractivity contribution in [1.82, 2.24) is 4.90 Å². The van der Waals surface area contributed by atoms with Gasteiger partial charge in [0.05, 0.1) is 13.2 Å². The molecular weight excluding hydrogens is 224 g/mol. The van der Waals surface area contributed by atoms with Crippen molar-refractivity contribution < 1.29 is 4.74 Å². The number of nitrogens with zero attached hydrogens (tertiary/aromatic N) is 1. The fourth-order valence-electron chi connectivity index (χ4n) is 2.47. The van der Waals surface area contributed by atoms with Crippen LogP contribution in [0.1, 0.15) is 18.9 Å². The van der Waals surface area contributed by atoms with Gasteiger partial charge in [-0.2, -0.15) is 0 Å². The number of hydrogen-bond donors (Lipinski definition) is 1. The van der Waals surface area contributed by atoms with Gasteiger partial charge in [0.1, 0.15) is 0 Å². The first-order chi connectivity index (χ1) is 8.81. The second-order valence-corrected chi connectivity index (χ2v) is 4.91. The summed E-state index contributed by atoms with van der Waals surface area (Å²) in [5.41, 5.74) is 2.56. The van der Waals surface area contributed by atoms with E-state index >= 15 is 0 Å². The Morgan fingerprint density at radius 3 is 3.00 bits per heavy atom. The molecule has 1 unspecified atom stereocenters. The molecule has 0 aliphatic carbocycles. The van der Waals surface area contributed by atoms with Gasteiger partial charge in [-0.25, -0.2) is 0 Å². The maximum absolute atomic E-state index is 5.52. The van der Waals surface area contributed by atoms with Gasteiger partial charge in [-0.15, -0.1) is 0 Å². The molecule has 1 N–H and O–H groups in total. The Kier molecular flexibility index (Phi) is 5.02. The Hall–Kier alpha value is -1.06. The summed E-state index contributed by atoms with van der Waals surface area (Å²) in [4.78, 5) is 2.54. The summed E-state index contributed by atoms with van der Waals surface area (Å²) in [6.45, 7) is 9.31. The Bertz CT molecular complexity index is 367. The topological polar surface area (TPSA) is 24.5 Å². The van der Waals surface area contributed by atoms with Crippen molar-refractivity contribution in [1.29, 1.82) is 0 Å². The monoisotopic (exact) mass is 248 g/mol. The summed E-state index contributed by atoms with van der Waals surface area (Å²) in [5.74, 6) is 0. The van der Waals surface area contributed by atoms with Crippen molar-refractivity contribution in [2.24, 2.45) is 0 Å². The lowest BCUT2D eigenvalue weighted by atomic mass is 10.1. The number of para-hydroxylation sites is 1. The Labute approximate surface area is 110 Å². The number of aryl methyl sites for hydroxylation is 1. The molecule has 18 heavy (non-hydrogen) atoms. The third kappa shape index (κ3) is 3.47. The summed E-state index contributed by atoms with van der Waals surface area (Å²) >= 11 is 0. The molecule has 3 heteroatoms. The highest BCUT2D eigenvalue weighted by atomic mass is 16.5. The Morgan fingerprint density at radius 2 is 2.22 bits per heavy atom. The van der Waals surface area contributed by atoms with Gasteiger partial charge < -0.3 is 10.1 Å². The highest BCUT2D eigenvalue weighted by Gasteiger charge is 2.20. The molecule has 1 aromatic rings. The van der Waals surface area contributed by atoms with Crippen molar-refractivity contribution in [3.05, 3.63) is 29.8 Å². The summed E-state index contributed by atoms with van der Waals surface area (Å²) < 4.78 is 5.52. The Morgan fingerprint density at radius 1 is 1.39 bits per heavy atom. The summed E-state index contributed by atoms with van der Waals surface area (Å²) in [7, 11) is 0. The molecular formula is C15H24N2O. The third-order valence-electron chi connectivity index (χ3n) is 3.68. The second kappa shape index (κ2) is 6.76. The lowest BCUT2D eigenvalue weighted by molar-refractivity contribution is -0.00648. The van der Waals surface area contributed by atoms with Crippen LogP contribution >= 0.6 is 0 Å². The minimum absolute atomic E-state index is 0.595. The van der Waals surface area contributed by atoms with Crippen LogP contribution in [0, 0.1) is 6.92 Å². The molecule has 1 fully saturated rings. The average molecular weight is 248 g/mol. The fraction of sp³-hybridized carbons (Fsp3) is 0.600. The first-order valence-electron chi connectivity index (χ1n) is 6.92. The molecule has 3 nitrogen and oxygen atoms in total. The molecule has 1 saturated heterocycles. The van der Waals surface area contributed by atoms with Crippen molar-refractivity contribution in [3.63, 3.8) is 0 Å². The number of benzene rings is 1. The first kappa shape index (κ1) is 13.4. The smallest absolute Gasteiger partial charge is 0.0622 e. The molecule has 0 spiro atoms. The predicted octanol–water partition coefficient (Wildman–Crippen LogP) is 2.52. The van der Waals surface area contributed by atoms with E-state index in [0.29, 0.717) is 6.04 Å². The number of ether oxygens (including phenoxy) is 1. The zero-order valence-electron chi connectivity index (χ0n) is 11.5. The van der Waals surface area contributed by atoms with Gasteiger partial charge >= 0.3 is 0 Å². The third-order valence-corrected chi connectivity index (χ3v) is 3.68. The molecule has 0 saturated carbocycles. The molecule has 0 aromatic heterocycles. The van der Waals surface area contributed by atoms with Crippen molar-refractivity contribution in [2.45, 2.75) is 26.3 Å². The van der Waals surface area contributed by atoms with Crippen LogP contribution in [0.5, 0.6) is 0 Å². The van der Waals surface area contributed by atoms with Gasteiger partial charge in [0, 0.05) is 31.4 Å². The normalized spacial score (nSPS) is 20.9. The molecule has 0 radical (unpaired) electrons. The minimum atomic E-state index is 0.595. The minimum Gasteiger partial charge on any atom is -0.384 e. The summed E-state index contributed by atoms with van der Waals surface area (Å²) in [6, 6.07) is 9.05. The van der Waals surface area contributed by atoms with Crippen molar-refractivity contribution >= 4 is 5.69 Å². The van der Waals surface area contributed by atoms with Crippen molar-refractivity contribution in [2.75, 3.05) is 38.2 Å². The van der Waals surface area contributed by atoms with E-state index in [1.165, 1.54) is 17.7 Å². The molecule has 0 bridgehead atoms. The molecule has 2 rings (SSSR count). The molecule has 1 aromatic carbocycles. The number of rotatable bonds is 5. The summed E-state index contributed by atoms with van der Waals surface area (Å²) in [5, 5.41) is 3.52. The van der Waals surface area contributed by atoms with E-state index in [2.05, 4.69) is 48.3 Å². The Balaban J connectivity index is 1.79. The van der Waals surface area contributed by atoms with Crippen LogP contribution < -0.4 is 5.32 Å². The molecule has 1 atom stereocenters. The highest BCUT2D eigenvalue weighted by molar-refractivity contribution is 5.50. The predicted molar refractivity (Wildman–Crippen MR) is 76.1 cm³/mol. The second-order valence-electron chi connectivity index (χ2n) is 4.91. The molecule has 1 heterocycles. The van der Waals surface area contributed by atoms with E-state index in [9.17, 15) is 0 Å². The zero-order chi connectivity index (χ0) is 12.8. The van der Waals surface area contributed by atoms with E-state index in [1.54, 1.807) is 0 Å². The van der Waals surface area contributed by atoms with Crippen LogP contribution in [0.3, 0.4) is 0 Å². The zero-order valence-corrected chi connectivity index (χ0v) is 11.5. The maximum Gasteiger partial charge on any atom is 0.0622 e. The van der Waals surface area contributed by atoms with E-state index in [0.717, 1.165) is 32.8 Å². The van der Waals surface area contributed by atoms with Crippen LogP contribution in [0.4, 0.5) is 5.69 Å². The van der Waals surface area contributed by atoms with Gasteiger partial charge in [-0.1, -0.05) is 25.1 Å². The lowest BCUT2D eigenvalue weighted by Gasteiger charge is -2.35. The maximum atomic E-state index is 5.52. The van der Waals surface area contributed by atoms with Gasteiger partial charge in [-0.05, 0) is 25.0 Å². The molecule has 1 aliphatic heterocycles. The van der Waals surface area contributed by atoms with Crippen LogP contribution in [-0.4, -0.2) is 43.8 Å². The van der Waals surface area contributed by atoms with Gasteiger partial charge in [0.2, 0.25) is 0 Å². The number of morpholine rings is 1. The van der Waals surface area contributed by atoms with Crippen LogP contribution in [-0.2, 0) is 4.74 Å². The van der Waals surface area contributed by atoms with Gasteiger partial charge in [0.25, 0.3) is 0 Å². The SMILES string of the molecule is CCC1COCCN1CCNc1ccccc1C. The molecule has 100 valence electrons. The van der Waals surface area contributed by atoms with E-state index < -0.39 is 0 Å². The van der Waals surface area contributed by atoms with E-state index in [1.807, 2.05) is 0 Å². The fourth-order valence-corrected chi connectivity index (χ4v) is 2.47. The van der Waals surface area contributed by atoms with Crippen LogP contribution in [0.15, 0.2) is 24.3 Å². The average Bonchev–Trinajstić information content (AvgIpc) is 2.41. The highest BCUT2D eigenvalue weighted by Crippen LogP contribution is 2.13. The number of nitrogens with one attached hydrogen (secondary N) is 1. The lowest BCUT2D eigenvalue weighted by Crippen LogP contribution is -2.46. The van der Waals surface area contributed by atoms with Crippen LogP contribution in [0.2, 0.25) is 0 Å². The van der Waals surface area contributed by atoms with Gasteiger partial charge in [0.15, 0.2) is 0 Å². The van der Waals surface area contributed by atoms with Gasteiger partial charge in [-0.3, -0.25) is 4.90 Å². The largest absolute Gasteiger partial charge is 0.384 e. The quantitative estimate of drug-likeness (QED) is 0.866. The standard InChI is InChI=1S/C15H24N2O/c1-3-14-12-18-11-10-17(14)9-8-16-15-7-5-4-6-13(15)2/h4-7,14,16H,3,8-12H2,1-2H3. The first-order valence-corrected chi connectivity index (χ1v) is 6.92. The molecule has 0 amide bonds.